The van der Waals surface area contributed by atoms with Gasteiger partial charge in [-0.25, -0.2) is 25.5 Å². The zero-order valence-electron chi connectivity index (χ0n) is 17.8. The fourth-order valence-electron chi connectivity index (χ4n) is 3.81. The summed E-state index contributed by atoms with van der Waals surface area (Å²) >= 11 is 0. The lowest BCUT2D eigenvalue weighted by molar-refractivity contribution is 0.573. The summed E-state index contributed by atoms with van der Waals surface area (Å²) in [6.45, 7) is 1.78. The molecule has 32 heavy (non-hydrogen) atoms. The van der Waals surface area contributed by atoms with E-state index in [-0.39, 0.29) is 10.9 Å². The Morgan fingerprint density at radius 3 is 2.12 bits per heavy atom. The summed E-state index contributed by atoms with van der Waals surface area (Å²) in [5.41, 5.74) is 3.04. The van der Waals surface area contributed by atoms with Gasteiger partial charge in [0.15, 0.2) is 0 Å². The molecule has 1 aromatic heterocycles. The van der Waals surface area contributed by atoms with E-state index in [1.54, 1.807) is 43.3 Å². The van der Waals surface area contributed by atoms with Gasteiger partial charge in [0.05, 0.1) is 16.7 Å². The van der Waals surface area contributed by atoms with E-state index in [0.717, 1.165) is 22.8 Å². The standard InChI is InChI=1S/C24H24N2O4S2/c1-18(25-31(2,27)28)20-14-12-19(13-15-20)16-22-17-21-8-6-7-11-24(21)26(22)32(29,30)23-9-4-3-5-10-23/h3-15,17-18,25H,16H2,1-2H3. The molecular weight excluding hydrogens is 444 g/mol. The topological polar surface area (TPSA) is 85.2 Å². The van der Waals surface area contributed by atoms with Gasteiger partial charge in [0.25, 0.3) is 10.0 Å². The van der Waals surface area contributed by atoms with Crippen LogP contribution in [0.25, 0.3) is 10.9 Å². The van der Waals surface area contributed by atoms with E-state index in [0.29, 0.717) is 17.6 Å². The summed E-state index contributed by atoms with van der Waals surface area (Å²) < 4.78 is 53.9. The van der Waals surface area contributed by atoms with Gasteiger partial charge >= 0.3 is 0 Å². The Kier molecular flexibility index (Phi) is 5.94. The highest BCUT2D eigenvalue weighted by Crippen LogP contribution is 2.27. The van der Waals surface area contributed by atoms with Crippen molar-refractivity contribution in [2.45, 2.75) is 24.3 Å². The zero-order chi connectivity index (χ0) is 22.9. The number of aromatic nitrogens is 1. The molecule has 0 saturated heterocycles. The van der Waals surface area contributed by atoms with Crippen molar-refractivity contribution in [3.05, 3.63) is 102 Å². The number of fused-ring (bicyclic) bond motifs is 1. The third kappa shape index (κ3) is 4.62. The lowest BCUT2D eigenvalue weighted by Gasteiger charge is -2.14. The highest BCUT2D eigenvalue weighted by atomic mass is 32.2. The number of nitrogens with zero attached hydrogens (tertiary/aromatic N) is 1. The Bertz CT molecular complexity index is 1460. The lowest BCUT2D eigenvalue weighted by atomic mass is 10.0. The molecule has 0 aliphatic carbocycles. The minimum Gasteiger partial charge on any atom is -0.238 e. The summed E-state index contributed by atoms with van der Waals surface area (Å²) in [5, 5.41) is 0.851. The van der Waals surface area contributed by atoms with Gasteiger partial charge in [-0.15, -0.1) is 0 Å². The first-order valence-electron chi connectivity index (χ1n) is 10.1. The van der Waals surface area contributed by atoms with E-state index in [2.05, 4.69) is 4.72 Å². The molecule has 8 heteroatoms. The summed E-state index contributed by atoms with van der Waals surface area (Å²) in [6.07, 6.45) is 1.54. The van der Waals surface area contributed by atoms with E-state index in [1.165, 1.54) is 3.97 Å². The lowest BCUT2D eigenvalue weighted by Crippen LogP contribution is -2.25. The molecule has 0 bridgehead atoms. The third-order valence-corrected chi connectivity index (χ3v) is 7.84. The highest BCUT2D eigenvalue weighted by molar-refractivity contribution is 7.90. The van der Waals surface area contributed by atoms with Gasteiger partial charge in [0.1, 0.15) is 0 Å². The number of rotatable bonds is 7. The molecule has 6 nitrogen and oxygen atoms in total. The average molecular weight is 469 g/mol. The van der Waals surface area contributed by atoms with E-state index in [9.17, 15) is 16.8 Å². The third-order valence-electron chi connectivity index (χ3n) is 5.28. The van der Waals surface area contributed by atoms with Crippen LogP contribution in [-0.2, 0) is 26.5 Å². The molecule has 3 aromatic carbocycles. The molecule has 0 aliphatic heterocycles. The molecule has 4 aromatic rings. The molecule has 0 saturated carbocycles. The molecule has 1 heterocycles. The number of benzene rings is 3. The fraction of sp³-hybridized carbons (Fsp3) is 0.167. The van der Waals surface area contributed by atoms with Crippen LogP contribution in [0.15, 0.2) is 89.8 Å². The van der Waals surface area contributed by atoms with Gasteiger partial charge in [-0.3, -0.25) is 0 Å². The summed E-state index contributed by atoms with van der Waals surface area (Å²) in [7, 11) is -7.09. The number of hydrogen-bond acceptors (Lipinski definition) is 4. The predicted octanol–water partition coefficient (Wildman–Crippen LogP) is 4.08. The van der Waals surface area contributed by atoms with Crippen molar-refractivity contribution < 1.29 is 16.8 Å². The molecule has 1 atom stereocenters. The minimum absolute atomic E-state index is 0.235. The Morgan fingerprint density at radius 2 is 1.47 bits per heavy atom. The molecule has 1 unspecified atom stereocenters. The second-order valence-corrected chi connectivity index (χ2v) is 11.4. The van der Waals surface area contributed by atoms with E-state index in [4.69, 9.17) is 0 Å². The molecule has 0 radical (unpaired) electrons. The molecule has 166 valence electrons. The largest absolute Gasteiger partial charge is 0.268 e. The Labute approximate surface area is 188 Å². The Hall–Kier alpha value is -2.94. The van der Waals surface area contributed by atoms with Crippen molar-refractivity contribution in [1.82, 2.24) is 8.69 Å². The van der Waals surface area contributed by atoms with Gasteiger partial charge in [-0.05, 0) is 42.3 Å². The van der Waals surface area contributed by atoms with Gasteiger partial charge in [0, 0.05) is 23.5 Å². The second kappa shape index (κ2) is 8.54. The first-order chi connectivity index (χ1) is 15.1. The maximum Gasteiger partial charge on any atom is 0.268 e. The van der Waals surface area contributed by atoms with Crippen LogP contribution in [0, 0.1) is 0 Å². The van der Waals surface area contributed by atoms with Crippen LogP contribution in [0.2, 0.25) is 0 Å². The molecule has 0 amide bonds. The van der Waals surface area contributed by atoms with E-state index >= 15 is 0 Å². The summed E-state index contributed by atoms with van der Waals surface area (Å²) in [6, 6.07) is 24.9. The van der Waals surface area contributed by atoms with Crippen LogP contribution in [0.4, 0.5) is 0 Å². The van der Waals surface area contributed by atoms with Crippen LogP contribution >= 0.6 is 0 Å². The molecule has 1 N–H and O–H groups in total. The number of hydrogen-bond donors (Lipinski definition) is 1. The molecule has 0 aliphatic rings. The Morgan fingerprint density at radius 1 is 0.844 bits per heavy atom. The monoisotopic (exact) mass is 468 g/mol. The van der Waals surface area contributed by atoms with Gasteiger partial charge < -0.3 is 0 Å². The molecular formula is C24H24N2O4S2. The minimum atomic E-state index is -3.77. The molecule has 0 spiro atoms. The van der Waals surface area contributed by atoms with E-state index in [1.807, 2.05) is 48.5 Å². The first-order valence-corrected chi connectivity index (χ1v) is 13.4. The highest BCUT2D eigenvalue weighted by Gasteiger charge is 2.23. The van der Waals surface area contributed by atoms with Crippen molar-refractivity contribution >= 4 is 30.9 Å². The van der Waals surface area contributed by atoms with Crippen molar-refractivity contribution in [1.29, 1.82) is 0 Å². The van der Waals surface area contributed by atoms with Crippen LogP contribution in [0.3, 0.4) is 0 Å². The maximum atomic E-state index is 13.5. The number of nitrogens with one attached hydrogen (secondary N) is 1. The predicted molar refractivity (Wildman–Crippen MR) is 127 cm³/mol. The SMILES string of the molecule is CC(NS(C)(=O)=O)c1ccc(Cc2cc3ccccc3n2S(=O)(=O)c2ccccc2)cc1. The zero-order valence-corrected chi connectivity index (χ0v) is 19.4. The average Bonchev–Trinajstić information content (AvgIpc) is 3.12. The number of para-hydroxylation sites is 1. The summed E-state index contributed by atoms with van der Waals surface area (Å²) in [5.74, 6) is 0. The van der Waals surface area contributed by atoms with Crippen molar-refractivity contribution in [3.63, 3.8) is 0 Å². The second-order valence-electron chi connectivity index (χ2n) is 7.81. The fourth-order valence-corrected chi connectivity index (χ4v) is 6.16. The van der Waals surface area contributed by atoms with E-state index < -0.39 is 20.0 Å². The molecule has 4 rings (SSSR count). The van der Waals surface area contributed by atoms with Gasteiger partial charge in [-0.1, -0.05) is 60.7 Å². The summed E-state index contributed by atoms with van der Waals surface area (Å²) in [4.78, 5) is 0.235. The van der Waals surface area contributed by atoms with Crippen LogP contribution in [0.1, 0.15) is 29.8 Å². The first kappa shape index (κ1) is 22.3. The Balaban J connectivity index is 1.72. The van der Waals surface area contributed by atoms with Crippen molar-refractivity contribution in [2.75, 3.05) is 6.26 Å². The van der Waals surface area contributed by atoms with Crippen molar-refractivity contribution in [2.24, 2.45) is 0 Å². The smallest absolute Gasteiger partial charge is 0.238 e. The van der Waals surface area contributed by atoms with Gasteiger partial charge in [-0.2, -0.15) is 0 Å². The molecule has 0 fully saturated rings. The normalized spacial score (nSPS) is 13.3. The quantitative estimate of drug-likeness (QED) is 0.443. The maximum absolute atomic E-state index is 13.5. The number of sulfonamides is 1. The van der Waals surface area contributed by atoms with Crippen molar-refractivity contribution in [3.8, 4) is 0 Å². The van der Waals surface area contributed by atoms with Gasteiger partial charge in [0.2, 0.25) is 10.0 Å². The van der Waals surface area contributed by atoms with Crippen LogP contribution < -0.4 is 4.72 Å². The van der Waals surface area contributed by atoms with Crippen LogP contribution in [0.5, 0.6) is 0 Å². The van der Waals surface area contributed by atoms with Crippen LogP contribution in [-0.4, -0.2) is 27.1 Å².